The van der Waals surface area contributed by atoms with E-state index >= 15 is 0 Å². The molecule has 0 aliphatic heterocycles. The average Bonchev–Trinajstić information content (AvgIpc) is 2.63. The fourth-order valence-electron chi connectivity index (χ4n) is 1.18. The summed E-state index contributed by atoms with van der Waals surface area (Å²) in [5.41, 5.74) is 0.554. The normalized spacial score (nSPS) is 10.1. The molecule has 0 atom stereocenters. The number of ether oxygens (including phenoxy) is 1. The van der Waals surface area contributed by atoms with Gasteiger partial charge in [0.15, 0.2) is 0 Å². The largest absolute Gasteiger partial charge is 0.480 e. The quantitative estimate of drug-likeness (QED) is 0.661. The number of nitrogens with zero attached hydrogens (tertiary/aromatic N) is 1. The van der Waals surface area contributed by atoms with Gasteiger partial charge >= 0.3 is 5.97 Å². The second-order valence-electron chi connectivity index (χ2n) is 3.21. The van der Waals surface area contributed by atoms with E-state index in [9.17, 15) is 9.59 Å². The summed E-state index contributed by atoms with van der Waals surface area (Å²) >= 11 is 0. The molecule has 0 aliphatic carbocycles. The molecule has 2 N–H and O–H groups in total. The van der Waals surface area contributed by atoms with E-state index in [1.807, 2.05) is 0 Å². The van der Waals surface area contributed by atoms with Crippen LogP contribution in [0, 0.1) is 0 Å². The van der Waals surface area contributed by atoms with Gasteiger partial charge in [-0.1, -0.05) is 0 Å². The first-order valence-electron chi connectivity index (χ1n) is 4.80. The lowest BCUT2D eigenvalue weighted by Gasteiger charge is -2.05. The number of hydrogen-bond donors (Lipinski definition) is 2. The summed E-state index contributed by atoms with van der Waals surface area (Å²) in [5.74, 6) is -1.22. The molecule has 0 fully saturated rings. The number of nitrogens with one attached hydrogen (secondary N) is 1. The van der Waals surface area contributed by atoms with Gasteiger partial charge in [0, 0.05) is 19.8 Å². The molecule has 0 aliphatic rings. The van der Waals surface area contributed by atoms with Crippen molar-refractivity contribution >= 4 is 11.9 Å². The molecule has 0 saturated carbocycles. The van der Waals surface area contributed by atoms with Crippen LogP contribution in [0.5, 0.6) is 0 Å². The lowest BCUT2D eigenvalue weighted by atomic mass is 10.4. The van der Waals surface area contributed by atoms with Crippen molar-refractivity contribution in [2.75, 3.05) is 19.8 Å². The van der Waals surface area contributed by atoms with Gasteiger partial charge in [-0.2, -0.15) is 0 Å². The van der Waals surface area contributed by atoms with E-state index in [1.54, 1.807) is 29.9 Å². The summed E-state index contributed by atoms with van der Waals surface area (Å²) in [5, 5.41) is 10.9. The van der Waals surface area contributed by atoms with E-state index in [1.165, 1.54) is 0 Å². The summed E-state index contributed by atoms with van der Waals surface area (Å²) in [6.07, 6.45) is 1.77. The van der Waals surface area contributed by atoms with Crippen molar-refractivity contribution in [3.05, 3.63) is 24.0 Å². The number of carbonyl (C=O) groups excluding carboxylic acids is 1. The van der Waals surface area contributed by atoms with E-state index in [4.69, 9.17) is 9.84 Å². The Morgan fingerprint density at radius 3 is 2.88 bits per heavy atom. The topological polar surface area (TPSA) is 80.6 Å². The molecule has 0 spiro atoms. The Labute approximate surface area is 92.8 Å². The van der Waals surface area contributed by atoms with Crippen molar-refractivity contribution in [2.45, 2.75) is 0 Å². The second kappa shape index (κ2) is 5.92. The fraction of sp³-hybridized carbons (Fsp3) is 0.400. The zero-order valence-electron chi connectivity index (χ0n) is 8.97. The Hall–Kier alpha value is -1.82. The van der Waals surface area contributed by atoms with Gasteiger partial charge in [0.05, 0.1) is 6.61 Å². The molecule has 1 heterocycles. The number of aliphatic carboxylic acids is 1. The Kier molecular flexibility index (Phi) is 4.53. The van der Waals surface area contributed by atoms with E-state index in [2.05, 4.69) is 5.32 Å². The number of amides is 1. The number of carbonyl (C=O) groups is 2. The summed E-state index contributed by atoms with van der Waals surface area (Å²) in [4.78, 5) is 21.6. The van der Waals surface area contributed by atoms with Gasteiger partial charge in [0.2, 0.25) is 0 Å². The summed E-state index contributed by atoms with van der Waals surface area (Å²) in [7, 11) is 1.77. The molecule has 88 valence electrons. The molecule has 0 bridgehead atoms. The summed E-state index contributed by atoms with van der Waals surface area (Å²) in [6, 6.07) is 3.48. The van der Waals surface area contributed by atoms with Crippen molar-refractivity contribution in [1.82, 2.24) is 9.88 Å². The van der Waals surface area contributed by atoms with E-state index in [0.717, 1.165) is 0 Å². The van der Waals surface area contributed by atoms with Crippen molar-refractivity contribution in [2.24, 2.45) is 7.05 Å². The van der Waals surface area contributed by atoms with E-state index in [0.29, 0.717) is 5.69 Å². The van der Waals surface area contributed by atoms with Crippen LogP contribution < -0.4 is 5.32 Å². The molecule has 0 unspecified atom stereocenters. The minimum Gasteiger partial charge on any atom is -0.480 e. The minimum atomic E-state index is -1.02. The van der Waals surface area contributed by atoms with E-state index < -0.39 is 5.97 Å². The number of carboxylic acid groups (broad SMARTS) is 1. The van der Waals surface area contributed by atoms with Crippen LogP contribution >= 0.6 is 0 Å². The van der Waals surface area contributed by atoms with Crippen molar-refractivity contribution in [3.8, 4) is 0 Å². The van der Waals surface area contributed by atoms with Crippen LogP contribution in [0.1, 0.15) is 10.5 Å². The Balaban J connectivity index is 2.21. The van der Waals surface area contributed by atoms with Crippen LogP contribution in [0.2, 0.25) is 0 Å². The number of rotatable bonds is 6. The third kappa shape index (κ3) is 3.74. The predicted molar refractivity (Wildman–Crippen MR) is 56.2 cm³/mol. The first-order valence-corrected chi connectivity index (χ1v) is 4.80. The van der Waals surface area contributed by atoms with Gasteiger partial charge in [-0.25, -0.2) is 4.79 Å². The highest BCUT2D eigenvalue weighted by Crippen LogP contribution is 1.98. The number of carboxylic acids is 1. The molecule has 16 heavy (non-hydrogen) atoms. The van der Waals surface area contributed by atoms with Crippen LogP contribution in [0.3, 0.4) is 0 Å². The highest BCUT2D eigenvalue weighted by molar-refractivity contribution is 5.92. The Morgan fingerprint density at radius 2 is 2.31 bits per heavy atom. The number of aryl methyl sites for hydroxylation is 1. The van der Waals surface area contributed by atoms with Gasteiger partial charge in [0.25, 0.3) is 5.91 Å². The van der Waals surface area contributed by atoms with E-state index in [-0.39, 0.29) is 25.7 Å². The van der Waals surface area contributed by atoms with Crippen LogP contribution in [0.4, 0.5) is 0 Å². The lowest BCUT2D eigenvalue weighted by molar-refractivity contribution is -0.142. The van der Waals surface area contributed by atoms with Gasteiger partial charge < -0.3 is 19.7 Å². The minimum absolute atomic E-state index is 0.183. The molecule has 0 aromatic carbocycles. The maximum Gasteiger partial charge on any atom is 0.329 e. The highest BCUT2D eigenvalue weighted by atomic mass is 16.5. The predicted octanol–water partition coefficient (Wildman–Crippen LogP) is -0.144. The maximum absolute atomic E-state index is 11.5. The Morgan fingerprint density at radius 1 is 1.56 bits per heavy atom. The fourth-order valence-corrected chi connectivity index (χ4v) is 1.18. The van der Waals surface area contributed by atoms with Gasteiger partial charge in [0.1, 0.15) is 12.3 Å². The molecule has 1 aromatic heterocycles. The Bertz CT molecular complexity index is 373. The molecule has 0 saturated heterocycles. The molecule has 1 amide bonds. The zero-order valence-corrected chi connectivity index (χ0v) is 8.97. The molecular weight excluding hydrogens is 212 g/mol. The van der Waals surface area contributed by atoms with Gasteiger partial charge in [-0.05, 0) is 12.1 Å². The van der Waals surface area contributed by atoms with Crippen LogP contribution in [0.15, 0.2) is 18.3 Å². The number of hydrogen-bond acceptors (Lipinski definition) is 3. The SMILES string of the molecule is Cn1cccc1C(=O)NCCOCC(=O)O. The van der Waals surface area contributed by atoms with Crippen molar-refractivity contribution < 1.29 is 19.4 Å². The van der Waals surface area contributed by atoms with Crippen molar-refractivity contribution in [1.29, 1.82) is 0 Å². The molecule has 0 radical (unpaired) electrons. The monoisotopic (exact) mass is 226 g/mol. The molecule has 6 nitrogen and oxygen atoms in total. The molecule has 1 aromatic rings. The molecular formula is C10H14N2O4. The van der Waals surface area contributed by atoms with Crippen molar-refractivity contribution in [3.63, 3.8) is 0 Å². The first kappa shape index (κ1) is 12.3. The summed E-state index contributed by atoms with van der Waals surface area (Å²) in [6.45, 7) is 0.125. The van der Waals surface area contributed by atoms with Gasteiger partial charge in [-0.3, -0.25) is 4.79 Å². The lowest BCUT2D eigenvalue weighted by Crippen LogP contribution is -2.29. The van der Waals surface area contributed by atoms with Crippen LogP contribution in [-0.2, 0) is 16.6 Å². The smallest absolute Gasteiger partial charge is 0.329 e. The summed E-state index contributed by atoms with van der Waals surface area (Å²) < 4.78 is 6.47. The van der Waals surface area contributed by atoms with Gasteiger partial charge in [-0.15, -0.1) is 0 Å². The number of aromatic nitrogens is 1. The third-order valence-electron chi connectivity index (χ3n) is 1.93. The van der Waals surface area contributed by atoms with Crippen LogP contribution in [0.25, 0.3) is 0 Å². The molecule has 6 heteroatoms. The standard InChI is InChI=1S/C10H14N2O4/c1-12-5-2-3-8(12)10(15)11-4-6-16-7-9(13)14/h2-3,5H,4,6-7H2,1H3,(H,11,15)(H,13,14). The third-order valence-corrected chi connectivity index (χ3v) is 1.93. The zero-order chi connectivity index (χ0) is 12.0. The maximum atomic E-state index is 11.5. The second-order valence-corrected chi connectivity index (χ2v) is 3.21. The first-order chi connectivity index (χ1) is 7.61. The highest BCUT2D eigenvalue weighted by Gasteiger charge is 2.07. The molecule has 1 rings (SSSR count). The van der Waals surface area contributed by atoms with Crippen LogP contribution in [-0.4, -0.2) is 41.3 Å². The average molecular weight is 226 g/mol.